The molecule has 260 valence electrons. The molecule has 11 rings (SSSR count). The standard InChI is InChI=1S/C53H37NS/c1-53(2)47-19-9-7-16-43(47)44-28-26-41(33-48(44)53)54(40-27-29-51-46(32-40)45-17-8-10-21-50(45)55-51)49-20-11-18-42(38-24-22-34-12-3-5-14-36(34)30-38)52(49)39-25-23-35-13-4-6-15-37(35)31-39/h3-33H,1-2H3. The molecule has 1 nitrogen and oxygen atoms in total. The molecule has 0 amide bonds. The van der Waals surface area contributed by atoms with E-state index in [2.05, 4.69) is 207 Å². The monoisotopic (exact) mass is 719 g/mol. The van der Waals surface area contributed by atoms with E-state index in [1.807, 2.05) is 11.3 Å². The number of rotatable bonds is 5. The van der Waals surface area contributed by atoms with Gasteiger partial charge in [0.15, 0.2) is 0 Å². The summed E-state index contributed by atoms with van der Waals surface area (Å²) in [6.07, 6.45) is 0. The fourth-order valence-electron chi connectivity index (χ4n) is 9.08. The number of nitrogens with zero attached hydrogens (tertiary/aromatic N) is 1. The van der Waals surface area contributed by atoms with Crippen LogP contribution in [0.2, 0.25) is 0 Å². The van der Waals surface area contributed by atoms with Crippen molar-refractivity contribution in [1.82, 2.24) is 0 Å². The zero-order valence-corrected chi connectivity index (χ0v) is 31.6. The quantitative estimate of drug-likeness (QED) is 0.171. The Morgan fingerprint density at radius 1 is 0.400 bits per heavy atom. The van der Waals surface area contributed by atoms with Crippen LogP contribution in [-0.4, -0.2) is 0 Å². The van der Waals surface area contributed by atoms with Crippen molar-refractivity contribution in [1.29, 1.82) is 0 Å². The van der Waals surface area contributed by atoms with E-state index in [1.54, 1.807) is 0 Å². The molecule has 0 atom stereocenters. The summed E-state index contributed by atoms with van der Waals surface area (Å²) in [4.78, 5) is 2.51. The normalized spacial score (nSPS) is 13.1. The molecule has 0 saturated carbocycles. The molecule has 2 heteroatoms. The van der Waals surface area contributed by atoms with E-state index in [9.17, 15) is 0 Å². The Kier molecular flexibility index (Phi) is 7.14. The van der Waals surface area contributed by atoms with Gasteiger partial charge in [-0.2, -0.15) is 0 Å². The molecule has 0 saturated heterocycles. The average Bonchev–Trinajstić information content (AvgIpc) is 3.72. The third kappa shape index (κ3) is 5.06. The molecule has 0 N–H and O–H groups in total. The number of anilines is 3. The molecule has 1 aromatic heterocycles. The van der Waals surface area contributed by atoms with Crippen molar-refractivity contribution in [2.45, 2.75) is 19.3 Å². The Bertz CT molecular complexity index is 3150. The van der Waals surface area contributed by atoms with Crippen LogP contribution in [-0.2, 0) is 5.41 Å². The lowest BCUT2D eigenvalue weighted by molar-refractivity contribution is 0.660. The second-order valence-electron chi connectivity index (χ2n) is 15.3. The first kappa shape index (κ1) is 32.0. The molecule has 1 heterocycles. The van der Waals surface area contributed by atoms with Gasteiger partial charge in [-0.3, -0.25) is 0 Å². The molecule has 9 aromatic carbocycles. The van der Waals surface area contributed by atoms with Crippen LogP contribution in [0.3, 0.4) is 0 Å². The van der Waals surface area contributed by atoms with E-state index in [-0.39, 0.29) is 5.41 Å². The van der Waals surface area contributed by atoms with Gasteiger partial charge in [0.25, 0.3) is 0 Å². The molecular formula is C53H37NS. The largest absolute Gasteiger partial charge is 0.310 e. The van der Waals surface area contributed by atoms with Gasteiger partial charge >= 0.3 is 0 Å². The highest BCUT2D eigenvalue weighted by Crippen LogP contribution is 2.52. The first-order valence-corrected chi connectivity index (χ1v) is 19.9. The molecule has 10 aromatic rings. The summed E-state index contributed by atoms with van der Waals surface area (Å²) in [5, 5.41) is 7.54. The maximum absolute atomic E-state index is 2.51. The second-order valence-corrected chi connectivity index (χ2v) is 16.4. The third-order valence-corrected chi connectivity index (χ3v) is 13.0. The van der Waals surface area contributed by atoms with E-state index < -0.39 is 0 Å². The Morgan fingerprint density at radius 2 is 1.00 bits per heavy atom. The van der Waals surface area contributed by atoms with Crippen LogP contribution in [0.15, 0.2) is 188 Å². The summed E-state index contributed by atoms with van der Waals surface area (Å²) in [5.41, 5.74) is 13.5. The van der Waals surface area contributed by atoms with Crippen LogP contribution in [0.25, 0.3) is 75.1 Å². The molecule has 0 radical (unpaired) electrons. The second kappa shape index (κ2) is 12.3. The lowest BCUT2D eigenvalue weighted by Gasteiger charge is -2.31. The highest BCUT2D eigenvalue weighted by Gasteiger charge is 2.36. The SMILES string of the molecule is CC1(C)c2ccccc2-c2ccc(N(c3ccc4sc5ccccc5c4c3)c3cccc(-c4ccc5ccccc5c4)c3-c3ccc4ccccc4c3)cc21. The van der Waals surface area contributed by atoms with Gasteiger partial charge in [0.1, 0.15) is 0 Å². The fraction of sp³-hybridized carbons (Fsp3) is 0.0566. The van der Waals surface area contributed by atoms with Gasteiger partial charge in [-0.15, -0.1) is 11.3 Å². The number of fused-ring (bicyclic) bond motifs is 8. The summed E-state index contributed by atoms with van der Waals surface area (Å²) in [7, 11) is 0. The van der Waals surface area contributed by atoms with Crippen molar-refractivity contribution in [2.24, 2.45) is 0 Å². The highest BCUT2D eigenvalue weighted by molar-refractivity contribution is 7.25. The molecule has 1 aliphatic carbocycles. The Labute approximate surface area is 325 Å². The van der Waals surface area contributed by atoms with E-state index >= 15 is 0 Å². The van der Waals surface area contributed by atoms with Gasteiger partial charge in [-0.1, -0.05) is 147 Å². The predicted molar refractivity (Wildman–Crippen MR) is 237 cm³/mol. The number of hydrogen-bond acceptors (Lipinski definition) is 2. The number of benzene rings is 9. The smallest absolute Gasteiger partial charge is 0.0546 e. The van der Waals surface area contributed by atoms with Crippen LogP contribution >= 0.6 is 11.3 Å². The van der Waals surface area contributed by atoms with Crippen LogP contribution in [0.4, 0.5) is 17.1 Å². The maximum atomic E-state index is 2.51. The molecule has 55 heavy (non-hydrogen) atoms. The average molecular weight is 720 g/mol. The summed E-state index contributed by atoms with van der Waals surface area (Å²) < 4.78 is 2.61. The van der Waals surface area contributed by atoms with Crippen molar-refractivity contribution < 1.29 is 0 Å². The zero-order chi connectivity index (χ0) is 36.7. The van der Waals surface area contributed by atoms with E-state index in [0.717, 1.165) is 17.1 Å². The van der Waals surface area contributed by atoms with Crippen LogP contribution in [0.5, 0.6) is 0 Å². The predicted octanol–water partition coefficient (Wildman–Crippen LogP) is 15.5. The molecular weight excluding hydrogens is 683 g/mol. The molecule has 0 bridgehead atoms. The Hall–Kier alpha value is -6.48. The maximum Gasteiger partial charge on any atom is 0.0546 e. The Balaban J connectivity index is 1.21. The summed E-state index contributed by atoms with van der Waals surface area (Å²) in [6.45, 7) is 4.74. The fourth-order valence-corrected chi connectivity index (χ4v) is 10.2. The number of thiophene rings is 1. The van der Waals surface area contributed by atoms with Gasteiger partial charge in [0.2, 0.25) is 0 Å². The highest BCUT2D eigenvalue weighted by atomic mass is 32.1. The van der Waals surface area contributed by atoms with Gasteiger partial charge in [-0.05, 0) is 115 Å². The summed E-state index contributed by atoms with van der Waals surface area (Å²) in [5.74, 6) is 0. The van der Waals surface area contributed by atoms with E-state index in [1.165, 1.54) is 86.2 Å². The lowest BCUT2D eigenvalue weighted by atomic mass is 9.82. The molecule has 1 aliphatic rings. The minimum absolute atomic E-state index is 0.130. The molecule has 0 spiro atoms. The van der Waals surface area contributed by atoms with Crippen LogP contribution in [0, 0.1) is 0 Å². The molecule has 0 fully saturated rings. The van der Waals surface area contributed by atoms with Gasteiger partial charge < -0.3 is 4.90 Å². The van der Waals surface area contributed by atoms with Crippen molar-refractivity contribution in [3.63, 3.8) is 0 Å². The topological polar surface area (TPSA) is 3.24 Å². The van der Waals surface area contributed by atoms with E-state index in [0.29, 0.717) is 0 Å². The molecule has 0 unspecified atom stereocenters. The van der Waals surface area contributed by atoms with Gasteiger partial charge in [0, 0.05) is 42.5 Å². The molecule has 0 aliphatic heterocycles. The van der Waals surface area contributed by atoms with Crippen molar-refractivity contribution in [3.8, 4) is 33.4 Å². The van der Waals surface area contributed by atoms with E-state index in [4.69, 9.17) is 0 Å². The van der Waals surface area contributed by atoms with Crippen LogP contribution in [0.1, 0.15) is 25.0 Å². The zero-order valence-electron chi connectivity index (χ0n) is 30.8. The van der Waals surface area contributed by atoms with Gasteiger partial charge in [0.05, 0.1) is 5.69 Å². The first-order valence-electron chi connectivity index (χ1n) is 19.1. The first-order chi connectivity index (χ1) is 27.0. The van der Waals surface area contributed by atoms with Crippen molar-refractivity contribution in [3.05, 3.63) is 199 Å². The number of hydrogen-bond donors (Lipinski definition) is 0. The van der Waals surface area contributed by atoms with Crippen molar-refractivity contribution >= 4 is 70.1 Å². The van der Waals surface area contributed by atoms with Crippen LogP contribution < -0.4 is 4.90 Å². The minimum atomic E-state index is -0.130. The van der Waals surface area contributed by atoms with Gasteiger partial charge in [-0.25, -0.2) is 0 Å². The Morgan fingerprint density at radius 3 is 1.82 bits per heavy atom. The third-order valence-electron chi connectivity index (χ3n) is 11.8. The summed E-state index contributed by atoms with van der Waals surface area (Å²) >= 11 is 1.87. The van der Waals surface area contributed by atoms with Crippen molar-refractivity contribution in [2.75, 3.05) is 4.90 Å². The summed E-state index contributed by atoms with van der Waals surface area (Å²) in [6, 6.07) is 70.0. The minimum Gasteiger partial charge on any atom is -0.310 e. The lowest BCUT2D eigenvalue weighted by Crippen LogP contribution is -2.17.